The molecule has 2 heteroatoms. The Labute approximate surface area is 108 Å². The third kappa shape index (κ3) is 2.23. The molecule has 0 aliphatic carbocycles. The van der Waals surface area contributed by atoms with Crippen molar-refractivity contribution >= 4 is 21.6 Å². The normalized spacial score (nSPS) is 13.3. The van der Waals surface area contributed by atoms with Crippen molar-refractivity contribution in [3.05, 3.63) is 28.8 Å². The minimum Gasteiger partial charge on any atom is -0.255 e. The van der Waals surface area contributed by atoms with E-state index in [9.17, 15) is 0 Å². The van der Waals surface area contributed by atoms with Crippen LogP contribution in [0.4, 0.5) is 0 Å². The summed E-state index contributed by atoms with van der Waals surface area (Å²) in [6.45, 7) is 13.7. The quantitative estimate of drug-likeness (QED) is 0.646. The number of rotatable bonds is 0. The Morgan fingerprint density at radius 1 is 1.00 bits per heavy atom. The van der Waals surface area contributed by atoms with Gasteiger partial charge in [-0.05, 0) is 28.5 Å². The lowest BCUT2D eigenvalue weighted by Crippen LogP contribution is -2.19. The zero-order valence-electron chi connectivity index (χ0n) is 11.6. The molecule has 1 nitrogen and oxygen atoms in total. The number of fused-ring (bicyclic) bond motifs is 1. The molecule has 0 spiro atoms. The summed E-state index contributed by atoms with van der Waals surface area (Å²) in [7, 11) is 0. The van der Waals surface area contributed by atoms with Crippen LogP contribution in [-0.4, -0.2) is 4.98 Å². The van der Waals surface area contributed by atoms with E-state index >= 15 is 0 Å². The van der Waals surface area contributed by atoms with Crippen molar-refractivity contribution in [3.63, 3.8) is 0 Å². The molecule has 17 heavy (non-hydrogen) atoms. The van der Waals surface area contributed by atoms with E-state index in [2.05, 4.69) is 52.6 Å². The molecule has 2 aromatic heterocycles. The highest BCUT2D eigenvalue weighted by molar-refractivity contribution is 7.19. The number of aromatic nitrogens is 1. The second kappa shape index (κ2) is 3.81. The van der Waals surface area contributed by atoms with Crippen LogP contribution in [0.2, 0.25) is 0 Å². The van der Waals surface area contributed by atoms with Crippen LogP contribution in [0.15, 0.2) is 18.3 Å². The molecule has 0 fully saturated rings. The van der Waals surface area contributed by atoms with Crippen LogP contribution in [0, 0.1) is 0 Å². The van der Waals surface area contributed by atoms with Crippen LogP contribution in [0.3, 0.4) is 0 Å². The van der Waals surface area contributed by atoms with Crippen LogP contribution in [0.25, 0.3) is 10.2 Å². The molecular weight excluding hydrogens is 226 g/mol. The fourth-order valence-electron chi connectivity index (χ4n) is 2.15. The van der Waals surface area contributed by atoms with Gasteiger partial charge in [-0.1, -0.05) is 41.5 Å². The van der Waals surface area contributed by atoms with Crippen molar-refractivity contribution in [2.45, 2.75) is 52.4 Å². The Kier molecular flexibility index (Phi) is 2.81. The van der Waals surface area contributed by atoms with Crippen molar-refractivity contribution in [1.29, 1.82) is 0 Å². The average molecular weight is 247 g/mol. The predicted molar refractivity (Wildman–Crippen MR) is 77.0 cm³/mol. The highest BCUT2D eigenvalue weighted by Crippen LogP contribution is 2.43. The Hall–Kier alpha value is -0.890. The lowest BCUT2D eigenvalue weighted by molar-refractivity contribution is 0.544. The van der Waals surface area contributed by atoms with Gasteiger partial charge in [0.05, 0.1) is 10.2 Å². The number of thiophene rings is 1. The summed E-state index contributed by atoms with van der Waals surface area (Å²) in [6, 6.07) is 4.20. The van der Waals surface area contributed by atoms with Gasteiger partial charge in [-0.25, -0.2) is 0 Å². The summed E-state index contributed by atoms with van der Waals surface area (Å²) < 4.78 is 1.31. The van der Waals surface area contributed by atoms with Crippen LogP contribution in [-0.2, 0) is 10.8 Å². The van der Waals surface area contributed by atoms with Gasteiger partial charge in [-0.2, -0.15) is 0 Å². The molecule has 2 rings (SSSR count). The largest absolute Gasteiger partial charge is 0.255 e. The molecule has 2 heterocycles. The van der Waals surface area contributed by atoms with E-state index in [1.54, 1.807) is 0 Å². The molecule has 92 valence electrons. The predicted octanol–water partition coefficient (Wildman–Crippen LogP) is 4.89. The van der Waals surface area contributed by atoms with E-state index in [4.69, 9.17) is 0 Å². The van der Waals surface area contributed by atoms with Crippen LogP contribution < -0.4 is 0 Å². The van der Waals surface area contributed by atoms with Crippen LogP contribution in [0.5, 0.6) is 0 Å². The third-order valence-electron chi connectivity index (χ3n) is 2.88. The maximum absolute atomic E-state index is 4.59. The maximum Gasteiger partial charge on any atom is 0.0850 e. The van der Waals surface area contributed by atoms with Gasteiger partial charge in [0.1, 0.15) is 0 Å². The van der Waals surface area contributed by atoms with Gasteiger partial charge in [-0.3, -0.25) is 4.98 Å². The Balaban J connectivity index is 2.84. The molecule has 0 amide bonds. The zero-order valence-corrected chi connectivity index (χ0v) is 12.4. The first-order valence-corrected chi connectivity index (χ1v) is 6.91. The van der Waals surface area contributed by atoms with E-state index < -0.39 is 0 Å². The molecule has 0 N–H and O–H groups in total. The van der Waals surface area contributed by atoms with E-state index in [1.165, 1.54) is 20.7 Å². The molecule has 0 saturated carbocycles. The fraction of sp³-hybridized carbons (Fsp3) is 0.533. The third-order valence-corrected chi connectivity index (χ3v) is 4.45. The lowest BCUT2D eigenvalue weighted by Gasteiger charge is -2.26. The molecule has 2 aromatic rings. The first-order chi connectivity index (χ1) is 7.71. The number of nitrogens with zero attached hydrogens (tertiary/aromatic N) is 1. The summed E-state index contributed by atoms with van der Waals surface area (Å²) in [5.41, 5.74) is 2.95. The topological polar surface area (TPSA) is 12.9 Å². The molecule has 0 aliphatic rings. The highest BCUT2D eigenvalue weighted by atomic mass is 32.1. The monoisotopic (exact) mass is 247 g/mol. The van der Waals surface area contributed by atoms with Crippen molar-refractivity contribution in [2.24, 2.45) is 0 Å². The second-order valence-corrected chi connectivity index (χ2v) is 7.71. The molecule has 0 radical (unpaired) electrons. The number of hydrogen-bond acceptors (Lipinski definition) is 2. The fourth-order valence-corrected chi connectivity index (χ4v) is 3.58. The van der Waals surface area contributed by atoms with E-state index in [-0.39, 0.29) is 10.8 Å². The summed E-state index contributed by atoms with van der Waals surface area (Å²) in [5.74, 6) is 0. The van der Waals surface area contributed by atoms with Gasteiger partial charge < -0.3 is 0 Å². The van der Waals surface area contributed by atoms with Gasteiger partial charge in [0.15, 0.2) is 0 Å². The van der Waals surface area contributed by atoms with E-state index in [1.807, 2.05) is 23.6 Å². The molecule has 0 aromatic carbocycles. The van der Waals surface area contributed by atoms with Crippen molar-refractivity contribution in [3.8, 4) is 0 Å². The van der Waals surface area contributed by atoms with Gasteiger partial charge >= 0.3 is 0 Å². The van der Waals surface area contributed by atoms with Crippen molar-refractivity contribution in [1.82, 2.24) is 4.98 Å². The summed E-state index contributed by atoms with van der Waals surface area (Å²) >= 11 is 1.90. The van der Waals surface area contributed by atoms with Crippen LogP contribution >= 0.6 is 11.3 Å². The average Bonchev–Trinajstić information content (AvgIpc) is 2.54. The zero-order chi connectivity index (χ0) is 12.8. The SMILES string of the molecule is CC(C)(C)c1sc2cccnc2c1C(C)(C)C. The van der Waals surface area contributed by atoms with E-state index in [0.29, 0.717) is 0 Å². The Bertz CT molecular complexity index is 538. The Morgan fingerprint density at radius 2 is 1.65 bits per heavy atom. The van der Waals surface area contributed by atoms with Gasteiger partial charge in [0.25, 0.3) is 0 Å². The number of hydrogen-bond donors (Lipinski definition) is 0. The van der Waals surface area contributed by atoms with Gasteiger partial charge in [0.2, 0.25) is 0 Å². The second-order valence-electron chi connectivity index (χ2n) is 6.66. The summed E-state index contributed by atoms with van der Waals surface area (Å²) in [5, 5.41) is 0. The summed E-state index contributed by atoms with van der Waals surface area (Å²) in [6.07, 6.45) is 1.90. The molecule has 0 unspecified atom stereocenters. The van der Waals surface area contributed by atoms with Gasteiger partial charge in [-0.15, -0.1) is 11.3 Å². The molecule has 0 aliphatic heterocycles. The molecule has 0 bridgehead atoms. The van der Waals surface area contributed by atoms with Crippen LogP contribution in [0.1, 0.15) is 52.0 Å². The Morgan fingerprint density at radius 3 is 2.18 bits per heavy atom. The van der Waals surface area contributed by atoms with E-state index in [0.717, 1.165) is 0 Å². The highest BCUT2D eigenvalue weighted by Gasteiger charge is 2.30. The first-order valence-electron chi connectivity index (χ1n) is 6.10. The van der Waals surface area contributed by atoms with Crippen molar-refractivity contribution in [2.75, 3.05) is 0 Å². The lowest BCUT2D eigenvalue weighted by atomic mass is 9.80. The minimum absolute atomic E-state index is 0.148. The van der Waals surface area contributed by atoms with Gasteiger partial charge in [0, 0.05) is 11.1 Å². The first kappa shape index (κ1) is 12.6. The standard InChI is InChI=1S/C15H21NS/c1-14(2,3)11-12-10(8-7-9-16-12)17-13(11)15(4,5)6/h7-9H,1-6H3. The maximum atomic E-state index is 4.59. The molecular formula is C15H21NS. The molecule has 0 saturated heterocycles. The number of pyridine rings is 1. The molecule has 0 atom stereocenters. The smallest absolute Gasteiger partial charge is 0.0850 e. The summed E-state index contributed by atoms with van der Waals surface area (Å²) in [4.78, 5) is 6.06. The minimum atomic E-state index is 0.148. The van der Waals surface area contributed by atoms with Crippen molar-refractivity contribution < 1.29 is 0 Å².